The largest absolute Gasteiger partial charge is 0.340 e. The van der Waals surface area contributed by atoms with Crippen LogP contribution in [0.25, 0.3) is 0 Å². The van der Waals surface area contributed by atoms with Gasteiger partial charge < -0.3 is 4.90 Å². The quantitative estimate of drug-likeness (QED) is 0.431. The zero-order chi connectivity index (χ0) is 23.4. The van der Waals surface area contributed by atoms with Crippen LogP contribution in [0.1, 0.15) is 52.0 Å². The first-order valence-corrected chi connectivity index (χ1v) is 11.7. The number of hydrogen-bond donors (Lipinski definition) is 0. The van der Waals surface area contributed by atoms with Gasteiger partial charge in [-0.3, -0.25) is 24.2 Å². The van der Waals surface area contributed by atoms with Gasteiger partial charge in [-0.2, -0.15) is 0 Å². The number of amides is 3. The van der Waals surface area contributed by atoms with Crippen LogP contribution in [0.4, 0.5) is 4.39 Å². The third kappa shape index (κ3) is 5.25. The fraction of sp³-hybridized carbons (Fsp3) is 0.400. The molecule has 0 unspecified atom stereocenters. The summed E-state index contributed by atoms with van der Waals surface area (Å²) in [5, 5.41) is 0.426. The van der Waals surface area contributed by atoms with Crippen LogP contribution in [0, 0.1) is 5.82 Å². The average molecular weight is 472 g/mol. The van der Waals surface area contributed by atoms with Gasteiger partial charge in [-0.25, -0.2) is 4.39 Å². The Morgan fingerprint density at radius 1 is 0.879 bits per heavy atom. The van der Waals surface area contributed by atoms with Crippen LogP contribution in [0.15, 0.2) is 42.5 Å². The van der Waals surface area contributed by atoms with Gasteiger partial charge in [-0.05, 0) is 37.1 Å². The molecular formula is C25H27ClFN3O3. The van der Waals surface area contributed by atoms with E-state index in [4.69, 9.17) is 11.6 Å². The molecule has 6 nitrogen and oxygen atoms in total. The number of benzene rings is 2. The molecule has 2 aromatic rings. The molecule has 8 heteroatoms. The molecule has 4 rings (SSSR count). The number of unbranched alkanes of at least 4 members (excludes halogenated alkanes) is 2. The SMILES string of the molecule is O=C(CCCCCN1C(=O)c2ccccc2C1=O)N1CCN(Cc2c(F)cccc2Cl)CC1. The van der Waals surface area contributed by atoms with Crippen molar-refractivity contribution >= 4 is 29.3 Å². The number of carbonyl (C=O) groups is 3. The smallest absolute Gasteiger partial charge is 0.261 e. The standard InChI is InChI=1S/C25H27ClFN3O3/c26-21-9-6-10-22(27)20(21)17-28-13-15-29(16-14-28)23(31)11-2-1-5-12-30-24(32)18-7-3-4-8-19(18)25(30)33/h3-4,6-10H,1-2,5,11-17H2. The highest BCUT2D eigenvalue weighted by atomic mass is 35.5. The summed E-state index contributed by atoms with van der Waals surface area (Å²) < 4.78 is 14.0. The van der Waals surface area contributed by atoms with E-state index in [-0.39, 0.29) is 23.5 Å². The molecule has 0 aromatic heterocycles. The van der Waals surface area contributed by atoms with E-state index in [2.05, 4.69) is 4.90 Å². The van der Waals surface area contributed by atoms with E-state index < -0.39 is 0 Å². The first-order valence-electron chi connectivity index (χ1n) is 11.3. The average Bonchev–Trinajstić information content (AvgIpc) is 3.06. The molecule has 1 saturated heterocycles. The number of carbonyl (C=O) groups excluding carboxylic acids is 3. The molecule has 0 bridgehead atoms. The number of imide groups is 1. The molecule has 174 valence electrons. The summed E-state index contributed by atoms with van der Waals surface area (Å²) in [6, 6.07) is 11.6. The molecule has 0 spiro atoms. The predicted molar refractivity (Wildman–Crippen MR) is 124 cm³/mol. The van der Waals surface area contributed by atoms with Gasteiger partial charge in [0.25, 0.3) is 11.8 Å². The second kappa shape index (κ2) is 10.4. The summed E-state index contributed by atoms with van der Waals surface area (Å²) in [5.74, 6) is -0.663. The maximum absolute atomic E-state index is 14.0. The van der Waals surface area contributed by atoms with Gasteiger partial charge in [0, 0.05) is 56.3 Å². The Bertz CT molecular complexity index is 998. The van der Waals surface area contributed by atoms with Crippen molar-refractivity contribution in [3.8, 4) is 0 Å². The highest BCUT2D eigenvalue weighted by molar-refractivity contribution is 6.31. The lowest BCUT2D eigenvalue weighted by molar-refractivity contribution is -0.133. The highest BCUT2D eigenvalue weighted by Crippen LogP contribution is 2.23. The summed E-state index contributed by atoms with van der Waals surface area (Å²) in [7, 11) is 0. The number of nitrogens with zero attached hydrogens (tertiary/aromatic N) is 3. The minimum absolute atomic E-state index is 0.110. The second-order valence-electron chi connectivity index (χ2n) is 8.48. The van der Waals surface area contributed by atoms with E-state index in [1.54, 1.807) is 36.4 Å². The maximum Gasteiger partial charge on any atom is 0.261 e. The van der Waals surface area contributed by atoms with Gasteiger partial charge in [0.05, 0.1) is 11.1 Å². The van der Waals surface area contributed by atoms with Crippen LogP contribution < -0.4 is 0 Å². The van der Waals surface area contributed by atoms with Crippen LogP contribution in [-0.4, -0.2) is 65.1 Å². The van der Waals surface area contributed by atoms with Crippen molar-refractivity contribution in [1.82, 2.24) is 14.7 Å². The molecule has 2 aliphatic rings. The van der Waals surface area contributed by atoms with Gasteiger partial charge in [-0.15, -0.1) is 0 Å². The van der Waals surface area contributed by atoms with Crippen LogP contribution in [0.5, 0.6) is 0 Å². The van der Waals surface area contributed by atoms with Gasteiger partial charge >= 0.3 is 0 Å². The van der Waals surface area contributed by atoms with Crippen molar-refractivity contribution in [2.45, 2.75) is 32.2 Å². The van der Waals surface area contributed by atoms with Crippen LogP contribution in [0.2, 0.25) is 5.02 Å². The number of hydrogen-bond acceptors (Lipinski definition) is 4. The van der Waals surface area contributed by atoms with Crippen LogP contribution in [-0.2, 0) is 11.3 Å². The topological polar surface area (TPSA) is 60.9 Å². The minimum Gasteiger partial charge on any atom is -0.340 e. The first kappa shape index (κ1) is 23.4. The molecule has 0 N–H and O–H groups in total. The lowest BCUT2D eigenvalue weighted by Crippen LogP contribution is -2.48. The Balaban J connectivity index is 1.15. The molecule has 0 aliphatic carbocycles. The summed E-state index contributed by atoms with van der Waals surface area (Å²) in [6.07, 6.45) is 2.61. The van der Waals surface area contributed by atoms with E-state index in [1.165, 1.54) is 11.0 Å². The summed E-state index contributed by atoms with van der Waals surface area (Å²) in [6.45, 7) is 3.38. The lowest BCUT2D eigenvalue weighted by atomic mass is 10.1. The van der Waals surface area contributed by atoms with Crippen molar-refractivity contribution < 1.29 is 18.8 Å². The minimum atomic E-state index is -0.304. The third-order valence-electron chi connectivity index (χ3n) is 6.32. The molecule has 2 aliphatic heterocycles. The Kier molecular flexibility index (Phi) is 7.40. The molecule has 33 heavy (non-hydrogen) atoms. The highest BCUT2D eigenvalue weighted by Gasteiger charge is 2.34. The molecule has 0 saturated carbocycles. The molecule has 1 fully saturated rings. The Morgan fingerprint density at radius 3 is 2.18 bits per heavy atom. The zero-order valence-electron chi connectivity index (χ0n) is 18.4. The van der Waals surface area contributed by atoms with Crippen molar-refractivity contribution in [2.75, 3.05) is 32.7 Å². The summed E-state index contributed by atoms with van der Waals surface area (Å²) >= 11 is 6.12. The molecule has 2 aromatic carbocycles. The molecule has 3 amide bonds. The van der Waals surface area contributed by atoms with Gasteiger partial charge in [0.1, 0.15) is 5.82 Å². The Labute approximate surface area is 197 Å². The number of piperazine rings is 1. The fourth-order valence-electron chi connectivity index (χ4n) is 4.39. The van der Waals surface area contributed by atoms with E-state index in [1.807, 2.05) is 4.90 Å². The monoisotopic (exact) mass is 471 g/mol. The van der Waals surface area contributed by atoms with E-state index >= 15 is 0 Å². The Hall–Kier alpha value is -2.77. The summed E-state index contributed by atoms with van der Waals surface area (Å²) in [4.78, 5) is 42.6. The van der Waals surface area contributed by atoms with E-state index in [9.17, 15) is 18.8 Å². The number of fused-ring (bicyclic) bond motifs is 1. The van der Waals surface area contributed by atoms with Crippen molar-refractivity contribution in [1.29, 1.82) is 0 Å². The molecule has 0 atom stereocenters. The van der Waals surface area contributed by atoms with Gasteiger partial charge in [-0.1, -0.05) is 36.2 Å². The van der Waals surface area contributed by atoms with Gasteiger partial charge in [0.2, 0.25) is 5.91 Å². The normalized spacial score (nSPS) is 16.4. The van der Waals surface area contributed by atoms with Crippen LogP contribution in [0.3, 0.4) is 0 Å². The summed E-state index contributed by atoms with van der Waals surface area (Å²) in [5.41, 5.74) is 1.43. The third-order valence-corrected chi connectivity index (χ3v) is 6.67. The lowest BCUT2D eigenvalue weighted by Gasteiger charge is -2.35. The maximum atomic E-state index is 14.0. The number of rotatable bonds is 8. The first-order chi connectivity index (χ1) is 16.0. The van der Waals surface area contributed by atoms with E-state index in [0.29, 0.717) is 80.2 Å². The number of halogens is 2. The van der Waals surface area contributed by atoms with Crippen molar-refractivity contribution in [3.63, 3.8) is 0 Å². The zero-order valence-corrected chi connectivity index (χ0v) is 19.2. The van der Waals surface area contributed by atoms with Crippen molar-refractivity contribution in [3.05, 3.63) is 70.0 Å². The van der Waals surface area contributed by atoms with Gasteiger partial charge in [0.15, 0.2) is 0 Å². The fourth-order valence-corrected chi connectivity index (χ4v) is 4.61. The van der Waals surface area contributed by atoms with Crippen molar-refractivity contribution in [2.24, 2.45) is 0 Å². The van der Waals surface area contributed by atoms with E-state index in [0.717, 1.165) is 6.42 Å². The molecule has 2 heterocycles. The molecule has 0 radical (unpaired) electrons. The van der Waals surface area contributed by atoms with Crippen LogP contribution >= 0.6 is 11.6 Å². The molecular weight excluding hydrogens is 445 g/mol. The predicted octanol–water partition coefficient (Wildman–Crippen LogP) is 3.98. The Morgan fingerprint density at radius 2 is 1.55 bits per heavy atom. The second-order valence-corrected chi connectivity index (χ2v) is 8.88.